The Morgan fingerprint density at radius 3 is 2.77 bits per heavy atom. The third-order valence-electron chi connectivity index (χ3n) is 4.36. The lowest BCUT2D eigenvalue weighted by atomic mass is 10.1. The molecule has 0 saturated carbocycles. The quantitative estimate of drug-likeness (QED) is 0.218. The maximum atomic E-state index is 13.3. The molecule has 30 heavy (non-hydrogen) atoms. The van der Waals surface area contributed by atoms with Crippen LogP contribution >= 0.6 is 34.7 Å². The van der Waals surface area contributed by atoms with Crippen molar-refractivity contribution in [1.29, 1.82) is 0 Å². The molecule has 2 aromatic heterocycles. The van der Waals surface area contributed by atoms with E-state index in [4.69, 9.17) is 11.6 Å². The summed E-state index contributed by atoms with van der Waals surface area (Å²) in [6.45, 7) is 1.75. The summed E-state index contributed by atoms with van der Waals surface area (Å²) in [5, 5.41) is 15.9. The van der Waals surface area contributed by atoms with Crippen LogP contribution in [0.15, 0.2) is 59.2 Å². The number of halogens is 2. The Labute approximate surface area is 184 Å². The van der Waals surface area contributed by atoms with Gasteiger partial charge < -0.3 is 10.4 Å². The Bertz CT molecular complexity index is 1230. The van der Waals surface area contributed by atoms with Gasteiger partial charge in [0.2, 0.25) is 5.91 Å². The van der Waals surface area contributed by atoms with Crippen LogP contribution in [0, 0.1) is 5.82 Å². The van der Waals surface area contributed by atoms with Crippen LogP contribution in [0.1, 0.15) is 6.92 Å². The number of aromatic hydroxyl groups is 1. The Morgan fingerprint density at radius 2 is 2.00 bits per heavy atom. The highest BCUT2D eigenvalue weighted by Gasteiger charge is 2.21. The van der Waals surface area contributed by atoms with Gasteiger partial charge in [-0.3, -0.25) is 4.79 Å². The highest BCUT2D eigenvalue weighted by atomic mass is 35.5. The van der Waals surface area contributed by atoms with Gasteiger partial charge in [0.05, 0.1) is 16.3 Å². The normalized spacial score (nSPS) is 12.1. The zero-order valence-electron chi connectivity index (χ0n) is 15.6. The van der Waals surface area contributed by atoms with Gasteiger partial charge in [0.25, 0.3) is 0 Å². The predicted octanol–water partition coefficient (Wildman–Crippen LogP) is 5.98. The average Bonchev–Trinajstić information content (AvgIpc) is 3.16. The first kappa shape index (κ1) is 20.6. The van der Waals surface area contributed by atoms with E-state index in [0.29, 0.717) is 10.0 Å². The molecule has 0 aliphatic heterocycles. The first-order chi connectivity index (χ1) is 14.4. The summed E-state index contributed by atoms with van der Waals surface area (Å²) >= 11 is 8.69. The van der Waals surface area contributed by atoms with Crippen LogP contribution in [0.5, 0.6) is 5.75 Å². The van der Waals surface area contributed by atoms with Gasteiger partial charge in [0.1, 0.15) is 27.8 Å². The van der Waals surface area contributed by atoms with Crippen LogP contribution in [0.4, 0.5) is 10.1 Å². The maximum absolute atomic E-state index is 13.3. The Kier molecular flexibility index (Phi) is 5.90. The topological polar surface area (TPSA) is 75.1 Å². The zero-order chi connectivity index (χ0) is 21.3. The lowest BCUT2D eigenvalue weighted by Gasteiger charge is -2.13. The van der Waals surface area contributed by atoms with Crippen molar-refractivity contribution in [2.45, 2.75) is 17.2 Å². The van der Waals surface area contributed by atoms with E-state index in [1.165, 1.54) is 59.8 Å². The number of hydrogen-bond donors (Lipinski definition) is 2. The van der Waals surface area contributed by atoms with Crippen LogP contribution in [0.2, 0.25) is 5.02 Å². The smallest absolute Gasteiger partial charge is 0.237 e. The van der Waals surface area contributed by atoms with E-state index in [0.717, 1.165) is 21.3 Å². The number of phenolic OH excluding ortho intramolecular Hbond substituents is 1. The second-order valence-electron chi connectivity index (χ2n) is 6.43. The molecule has 0 fully saturated rings. The molecule has 0 aliphatic rings. The van der Waals surface area contributed by atoms with Crippen molar-refractivity contribution in [1.82, 2.24) is 9.97 Å². The van der Waals surface area contributed by atoms with E-state index in [9.17, 15) is 14.3 Å². The van der Waals surface area contributed by atoms with Gasteiger partial charge in [-0.1, -0.05) is 35.5 Å². The molecule has 1 unspecified atom stereocenters. The predicted molar refractivity (Wildman–Crippen MR) is 120 cm³/mol. The van der Waals surface area contributed by atoms with Crippen LogP contribution in [-0.2, 0) is 4.79 Å². The molecule has 1 atom stereocenters. The van der Waals surface area contributed by atoms with Crippen molar-refractivity contribution >= 4 is 56.5 Å². The van der Waals surface area contributed by atoms with Crippen molar-refractivity contribution in [2.24, 2.45) is 0 Å². The fourth-order valence-electron chi connectivity index (χ4n) is 2.84. The number of carbonyl (C=O) groups is 1. The van der Waals surface area contributed by atoms with Crippen molar-refractivity contribution < 1.29 is 14.3 Å². The van der Waals surface area contributed by atoms with Gasteiger partial charge in [-0.2, -0.15) is 0 Å². The van der Waals surface area contributed by atoms with E-state index in [2.05, 4.69) is 15.3 Å². The number of anilines is 1. The van der Waals surface area contributed by atoms with Crippen LogP contribution in [0.3, 0.4) is 0 Å². The van der Waals surface area contributed by atoms with Gasteiger partial charge >= 0.3 is 0 Å². The van der Waals surface area contributed by atoms with Gasteiger partial charge in [0, 0.05) is 16.0 Å². The molecule has 0 bridgehead atoms. The Balaban J connectivity index is 1.61. The minimum Gasteiger partial charge on any atom is -0.506 e. The first-order valence-electron chi connectivity index (χ1n) is 8.86. The molecule has 0 spiro atoms. The SMILES string of the molecule is CC(Sc1ncnc2scc(-c3ccc(F)cc3)c12)C(=O)Nc1cc(Cl)ccc1O. The Morgan fingerprint density at radius 1 is 1.23 bits per heavy atom. The molecule has 9 heteroatoms. The molecule has 1 amide bonds. The number of hydrogen-bond acceptors (Lipinski definition) is 6. The number of carbonyl (C=O) groups excluding carboxylic acids is 1. The van der Waals surface area contributed by atoms with Crippen LogP contribution in [0.25, 0.3) is 21.3 Å². The van der Waals surface area contributed by atoms with Gasteiger partial charge in [-0.25, -0.2) is 14.4 Å². The van der Waals surface area contributed by atoms with Crippen LogP contribution < -0.4 is 5.32 Å². The molecule has 5 nitrogen and oxygen atoms in total. The number of benzene rings is 2. The number of nitrogens with zero attached hydrogens (tertiary/aromatic N) is 2. The first-order valence-corrected chi connectivity index (χ1v) is 11.0. The highest BCUT2D eigenvalue weighted by Crippen LogP contribution is 2.39. The summed E-state index contributed by atoms with van der Waals surface area (Å²) < 4.78 is 13.3. The van der Waals surface area contributed by atoms with E-state index < -0.39 is 5.25 Å². The largest absolute Gasteiger partial charge is 0.506 e. The van der Waals surface area contributed by atoms with Crippen molar-refractivity contribution in [3.63, 3.8) is 0 Å². The molecule has 4 aromatic rings. The van der Waals surface area contributed by atoms with Crippen molar-refractivity contribution in [3.05, 3.63) is 65.0 Å². The number of rotatable bonds is 5. The summed E-state index contributed by atoms with van der Waals surface area (Å²) in [6.07, 6.45) is 1.46. The van der Waals surface area contributed by atoms with Crippen molar-refractivity contribution in [2.75, 3.05) is 5.32 Å². The minimum absolute atomic E-state index is 0.0641. The second-order valence-corrected chi connectivity index (χ2v) is 9.05. The average molecular weight is 460 g/mol. The standard InChI is InChI=1S/C21H15ClFN3O2S2/c1-11(19(28)26-16-8-13(22)4-7-17(16)27)30-21-18-15(9-29-20(18)24-10-25-21)12-2-5-14(23)6-3-12/h2-11,27H,1H3,(H,26,28). The molecular formula is C21H15ClFN3O2S2. The summed E-state index contributed by atoms with van der Waals surface area (Å²) in [7, 11) is 0. The van der Waals surface area contributed by atoms with E-state index in [-0.39, 0.29) is 23.2 Å². The highest BCUT2D eigenvalue weighted by molar-refractivity contribution is 8.00. The lowest BCUT2D eigenvalue weighted by Crippen LogP contribution is -2.22. The number of thioether (sulfide) groups is 1. The lowest BCUT2D eigenvalue weighted by molar-refractivity contribution is -0.115. The summed E-state index contributed by atoms with van der Waals surface area (Å²) in [6, 6.07) is 10.7. The fourth-order valence-corrected chi connectivity index (χ4v) is 4.93. The van der Waals surface area contributed by atoms with Crippen LogP contribution in [-0.4, -0.2) is 26.2 Å². The molecule has 0 saturated heterocycles. The maximum Gasteiger partial charge on any atom is 0.237 e. The van der Waals surface area contributed by atoms with Gasteiger partial charge in [-0.05, 0) is 42.8 Å². The third kappa shape index (κ3) is 4.26. The summed E-state index contributed by atoms with van der Waals surface area (Å²) in [4.78, 5) is 22.2. The monoisotopic (exact) mass is 459 g/mol. The fraction of sp³-hybridized carbons (Fsp3) is 0.0952. The molecule has 4 rings (SSSR count). The Hall–Kier alpha value is -2.68. The number of thiophene rings is 1. The molecule has 2 aromatic carbocycles. The number of fused-ring (bicyclic) bond motifs is 1. The zero-order valence-corrected chi connectivity index (χ0v) is 18.0. The third-order valence-corrected chi connectivity index (χ3v) is 6.59. The number of phenols is 1. The molecule has 0 aliphatic carbocycles. The molecular weight excluding hydrogens is 445 g/mol. The molecule has 2 N–H and O–H groups in total. The summed E-state index contributed by atoms with van der Waals surface area (Å²) in [5.41, 5.74) is 1.98. The summed E-state index contributed by atoms with van der Waals surface area (Å²) in [5.74, 6) is -0.674. The van der Waals surface area contributed by atoms with E-state index >= 15 is 0 Å². The minimum atomic E-state index is -0.512. The molecule has 152 valence electrons. The second kappa shape index (κ2) is 8.59. The number of amides is 1. The molecule has 0 radical (unpaired) electrons. The van der Waals surface area contributed by atoms with Crippen molar-refractivity contribution in [3.8, 4) is 16.9 Å². The van der Waals surface area contributed by atoms with E-state index in [1.54, 1.807) is 19.1 Å². The van der Waals surface area contributed by atoms with Gasteiger partial charge in [-0.15, -0.1) is 11.3 Å². The number of nitrogens with one attached hydrogen (secondary N) is 1. The number of aromatic nitrogens is 2. The van der Waals surface area contributed by atoms with E-state index in [1.807, 2.05) is 5.38 Å². The van der Waals surface area contributed by atoms with Gasteiger partial charge in [0.15, 0.2) is 0 Å². The molecule has 2 heterocycles.